The molecule has 2 N–H and O–H groups in total. The molecule has 7 heteroatoms. The summed E-state index contributed by atoms with van der Waals surface area (Å²) in [6.07, 6.45) is 4.13. The molecule has 3 heterocycles. The van der Waals surface area contributed by atoms with Crippen molar-refractivity contribution in [3.8, 4) is 0 Å². The molecule has 2 fully saturated rings. The first-order valence-corrected chi connectivity index (χ1v) is 10.1. The Morgan fingerprint density at radius 3 is 2.78 bits per heavy atom. The van der Waals surface area contributed by atoms with E-state index in [2.05, 4.69) is 56.4 Å². The van der Waals surface area contributed by atoms with Gasteiger partial charge in [0.2, 0.25) is 0 Å². The number of aromatic nitrogens is 1. The third kappa shape index (κ3) is 5.56. The van der Waals surface area contributed by atoms with Gasteiger partial charge in [-0.1, -0.05) is 6.92 Å². The lowest BCUT2D eigenvalue weighted by Gasteiger charge is -2.34. The number of nitrogens with zero attached hydrogens (tertiary/aromatic N) is 4. The fourth-order valence-electron chi connectivity index (χ4n) is 3.69. The molecule has 27 heavy (non-hydrogen) atoms. The van der Waals surface area contributed by atoms with E-state index in [1.54, 1.807) is 7.05 Å². The summed E-state index contributed by atoms with van der Waals surface area (Å²) in [5, 5.41) is 6.80. The molecule has 1 aromatic rings. The minimum absolute atomic E-state index is 0.0813. The molecule has 0 amide bonds. The van der Waals surface area contributed by atoms with Crippen molar-refractivity contribution < 1.29 is 4.74 Å². The molecular formula is C20H34N6O. The van der Waals surface area contributed by atoms with Crippen LogP contribution in [-0.2, 0) is 11.3 Å². The van der Waals surface area contributed by atoms with Crippen molar-refractivity contribution in [1.29, 1.82) is 0 Å². The van der Waals surface area contributed by atoms with Crippen LogP contribution in [0.4, 0.5) is 5.82 Å². The predicted octanol–water partition coefficient (Wildman–Crippen LogP) is 1.46. The standard InChI is InChI=1S/C20H34N6O/c1-4-25-9-11-26(12-10-25)18-14-17(6-8-22-18)15-23-19(21-3)24-16-20(2)7-5-13-27-20/h6,8,14H,4-5,7,9-13,15-16H2,1-3H3,(H2,21,23,24). The fraction of sp³-hybridized carbons (Fsp3) is 0.700. The van der Waals surface area contributed by atoms with Crippen molar-refractivity contribution in [3.63, 3.8) is 0 Å². The average Bonchev–Trinajstić information content (AvgIpc) is 3.15. The van der Waals surface area contributed by atoms with E-state index in [0.29, 0.717) is 0 Å². The van der Waals surface area contributed by atoms with Gasteiger partial charge in [0.1, 0.15) is 5.82 Å². The second kappa shape index (κ2) is 9.37. The maximum Gasteiger partial charge on any atom is 0.191 e. The average molecular weight is 375 g/mol. The molecule has 2 aliphatic heterocycles. The number of aliphatic imine (C=N–C) groups is 1. The highest BCUT2D eigenvalue weighted by atomic mass is 16.5. The first-order valence-electron chi connectivity index (χ1n) is 10.1. The van der Waals surface area contributed by atoms with Crippen LogP contribution in [0.2, 0.25) is 0 Å². The highest BCUT2D eigenvalue weighted by molar-refractivity contribution is 5.79. The Labute approximate surface area is 163 Å². The zero-order valence-corrected chi connectivity index (χ0v) is 17.0. The van der Waals surface area contributed by atoms with Crippen LogP contribution in [0.5, 0.6) is 0 Å². The van der Waals surface area contributed by atoms with Gasteiger partial charge in [-0.05, 0) is 44.0 Å². The number of piperazine rings is 1. The first-order chi connectivity index (χ1) is 13.1. The van der Waals surface area contributed by atoms with Crippen molar-refractivity contribution in [3.05, 3.63) is 23.9 Å². The summed E-state index contributed by atoms with van der Waals surface area (Å²) in [5.41, 5.74) is 1.13. The lowest BCUT2D eigenvalue weighted by molar-refractivity contribution is 0.0243. The largest absolute Gasteiger partial charge is 0.373 e. The van der Waals surface area contributed by atoms with Crippen LogP contribution in [-0.4, -0.2) is 74.4 Å². The molecule has 0 spiro atoms. The van der Waals surface area contributed by atoms with Gasteiger partial charge in [-0.3, -0.25) is 4.99 Å². The Morgan fingerprint density at radius 1 is 1.30 bits per heavy atom. The first kappa shape index (κ1) is 19.9. The number of ether oxygens (including phenoxy) is 1. The molecule has 7 nitrogen and oxygen atoms in total. The van der Waals surface area contributed by atoms with Crippen LogP contribution < -0.4 is 15.5 Å². The molecule has 0 aromatic carbocycles. The molecule has 0 bridgehead atoms. The van der Waals surface area contributed by atoms with Gasteiger partial charge in [-0.2, -0.15) is 0 Å². The second-order valence-corrected chi connectivity index (χ2v) is 7.62. The van der Waals surface area contributed by atoms with E-state index in [1.165, 1.54) is 5.56 Å². The number of hydrogen-bond acceptors (Lipinski definition) is 5. The molecule has 1 atom stereocenters. The summed E-state index contributed by atoms with van der Waals surface area (Å²) in [5.74, 6) is 1.88. The van der Waals surface area contributed by atoms with Crippen molar-refractivity contribution in [2.24, 2.45) is 4.99 Å². The van der Waals surface area contributed by atoms with Crippen molar-refractivity contribution in [1.82, 2.24) is 20.5 Å². The molecule has 1 aromatic heterocycles. The Balaban J connectivity index is 1.50. The topological polar surface area (TPSA) is 65.0 Å². The summed E-state index contributed by atoms with van der Waals surface area (Å²) < 4.78 is 5.83. The highest BCUT2D eigenvalue weighted by Crippen LogP contribution is 2.23. The SMILES string of the molecule is CCN1CCN(c2cc(CNC(=NC)NCC3(C)CCCO3)ccn2)CC1. The van der Waals surface area contributed by atoms with Gasteiger partial charge in [0.15, 0.2) is 5.96 Å². The summed E-state index contributed by atoms with van der Waals surface area (Å²) in [4.78, 5) is 13.8. The van der Waals surface area contributed by atoms with E-state index in [0.717, 1.165) is 77.0 Å². The van der Waals surface area contributed by atoms with Crippen molar-refractivity contribution in [2.75, 3.05) is 57.8 Å². The molecule has 0 radical (unpaired) electrons. The van der Waals surface area contributed by atoms with Gasteiger partial charge in [-0.15, -0.1) is 0 Å². The van der Waals surface area contributed by atoms with Gasteiger partial charge >= 0.3 is 0 Å². The number of pyridine rings is 1. The van der Waals surface area contributed by atoms with E-state index >= 15 is 0 Å². The molecule has 3 rings (SSSR count). The Morgan fingerprint density at radius 2 is 2.11 bits per heavy atom. The summed E-state index contributed by atoms with van der Waals surface area (Å²) in [6, 6.07) is 4.25. The molecular weight excluding hydrogens is 340 g/mol. The van der Waals surface area contributed by atoms with E-state index < -0.39 is 0 Å². The van der Waals surface area contributed by atoms with E-state index in [-0.39, 0.29) is 5.60 Å². The number of nitrogens with one attached hydrogen (secondary N) is 2. The maximum absolute atomic E-state index is 5.83. The summed E-state index contributed by atoms with van der Waals surface area (Å²) >= 11 is 0. The van der Waals surface area contributed by atoms with Gasteiger partial charge in [0.25, 0.3) is 0 Å². The monoisotopic (exact) mass is 374 g/mol. The van der Waals surface area contributed by atoms with Crippen LogP contribution >= 0.6 is 0 Å². The van der Waals surface area contributed by atoms with Crippen LogP contribution in [0.25, 0.3) is 0 Å². The lowest BCUT2D eigenvalue weighted by Crippen LogP contribution is -2.46. The molecule has 0 saturated carbocycles. The lowest BCUT2D eigenvalue weighted by atomic mass is 10.0. The Hall–Kier alpha value is -1.86. The van der Waals surface area contributed by atoms with Crippen molar-refractivity contribution in [2.45, 2.75) is 38.8 Å². The smallest absolute Gasteiger partial charge is 0.191 e. The van der Waals surface area contributed by atoms with E-state index in [4.69, 9.17) is 4.74 Å². The van der Waals surface area contributed by atoms with Gasteiger partial charge in [-0.25, -0.2) is 4.98 Å². The normalized spacial score (nSPS) is 24.3. The fourth-order valence-corrected chi connectivity index (χ4v) is 3.69. The minimum Gasteiger partial charge on any atom is -0.373 e. The molecule has 2 saturated heterocycles. The van der Waals surface area contributed by atoms with E-state index in [1.807, 2.05) is 6.20 Å². The van der Waals surface area contributed by atoms with Crippen molar-refractivity contribution >= 4 is 11.8 Å². The van der Waals surface area contributed by atoms with Crippen LogP contribution in [0.1, 0.15) is 32.3 Å². The molecule has 0 aliphatic carbocycles. The van der Waals surface area contributed by atoms with Gasteiger partial charge in [0.05, 0.1) is 5.60 Å². The maximum atomic E-state index is 5.83. The molecule has 2 aliphatic rings. The predicted molar refractivity (Wildman–Crippen MR) is 110 cm³/mol. The third-order valence-corrected chi connectivity index (χ3v) is 5.57. The van der Waals surface area contributed by atoms with Gasteiger partial charge in [0, 0.05) is 59.1 Å². The summed E-state index contributed by atoms with van der Waals surface area (Å²) in [6.45, 7) is 12.2. The number of anilines is 1. The molecule has 150 valence electrons. The quantitative estimate of drug-likeness (QED) is 0.581. The third-order valence-electron chi connectivity index (χ3n) is 5.57. The van der Waals surface area contributed by atoms with Crippen LogP contribution in [0.15, 0.2) is 23.3 Å². The highest BCUT2D eigenvalue weighted by Gasteiger charge is 2.29. The Kier molecular flexibility index (Phi) is 6.90. The Bertz CT molecular complexity index is 621. The number of guanidine groups is 1. The van der Waals surface area contributed by atoms with Crippen LogP contribution in [0.3, 0.4) is 0 Å². The number of likely N-dealkylation sites (N-methyl/N-ethyl adjacent to an activating group) is 1. The zero-order valence-electron chi connectivity index (χ0n) is 17.0. The second-order valence-electron chi connectivity index (χ2n) is 7.62. The van der Waals surface area contributed by atoms with E-state index in [9.17, 15) is 0 Å². The minimum atomic E-state index is -0.0813. The molecule has 1 unspecified atom stereocenters. The zero-order chi connectivity index (χ0) is 19.1. The van der Waals surface area contributed by atoms with Gasteiger partial charge < -0.3 is 25.2 Å². The van der Waals surface area contributed by atoms with Crippen LogP contribution in [0, 0.1) is 0 Å². The number of rotatable bonds is 6. The number of hydrogen-bond donors (Lipinski definition) is 2. The summed E-state index contributed by atoms with van der Waals surface area (Å²) in [7, 11) is 1.80.